The molecule has 98 valence electrons. The van der Waals surface area contributed by atoms with Crippen LogP contribution >= 0.6 is 0 Å². The van der Waals surface area contributed by atoms with Crippen LogP contribution in [0.5, 0.6) is 5.75 Å². The second-order valence-electron chi connectivity index (χ2n) is 4.66. The maximum absolute atomic E-state index is 12.1. The third-order valence-corrected chi connectivity index (χ3v) is 2.90. The lowest BCUT2D eigenvalue weighted by Gasteiger charge is -2.12. The summed E-state index contributed by atoms with van der Waals surface area (Å²) in [5.74, 6) is -0.302. The third kappa shape index (κ3) is 2.91. The normalized spacial score (nSPS) is 10.3. The van der Waals surface area contributed by atoms with Crippen LogP contribution in [0.1, 0.15) is 27.0 Å². The number of aromatic nitrogens is 1. The Morgan fingerprint density at radius 3 is 2.32 bits per heavy atom. The van der Waals surface area contributed by atoms with Crippen molar-refractivity contribution in [3.05, 3.63) is 52.8 Å². The SMILES string of the molecule is Cc1cc(C)c(NC(=O)c2cncc(O)c2)c(C)c1. The first-order valence-electron chi connectivity index (χ1n) is 6.00. The number of nitrogens with zero attached hydrogens (tertiary/aromatic N) is 1. The van der Waals surface area contributed by atoms with Crippen LogP contribution in [0.2, 0.25) is 0 Å². The number of pyridine rings is 1. The van der Waals surface area contributed by atoms with Crippen LogP contribution in [-0.2, 0) is 0 Å². The molecule has 2 aromatic rings. The number of hydrogen-bond acceptors (Lipinski definition) is 3. The van der Waals surface area contributed by atoms with Gasteiger partial charge in [0, 0.05) is 11.9 Å². The van der Waals surface area contributed by atoms with Crippen LogP contribution in [0.4, 0.5) is 5.69 Å². The summed E-state index contributed by atoms with van der Waals surface area (Å²) in [5.41, 5.74) is 4.32. The highest BCUT2D eigenvalue weighted by Crippen LogP contribution is 2.22. The van der Waals surface area contributed by atoms with Crippen LogP contribution in [-0.4, -0.2) is 16.0 Å². The van der Waals surface area contributed by atoms with Crippen molar-refractivity contribution >= 4 is 11.6 Å². The van der Waals surface area contributed by atoms with Crippen LogP contribution in [0.15, 0.2) is 30.6 Å². The van der Waals surface area contributed by atoms with Gasteiger partial charge in [-0.15, -0.1) is 0 Å². The monoisotopic (exact) mass is 256 g/mol. The summed E-state index contributed by atoms with van der Waals surface area (Å²) in [4.78, 5) is 15.9. The minimum Gasteiger partial charge on any atom is -0.506 e. The summed E-state index contributed by atoms with van der Waals surface area (Å²) >= 11 is 0. The Hall–Kier alpha value is -2.36. The molecule has 2 rings (SSSR count). The molecular formula is C15H16N2O2. The fourth-order valence-electron chi connectivity index (χ4n) is 2.11. The Morgan fingerprint density at radius 2 is 1.74 bits per heavy atom. The average molecular weight is 256 g/mol. The van der Waals surface area contributed by atoms with Gasteiger partial charge in [-0.05, 0) is 38.0 Å². The smallest absolute Gasteiger partial charge is 0.257 e. The van der Waals surface area contributed by atoms with Crippen molar-refractivity contribution in [1.82, 2.24) is 4.98 Å². The fraction of sp³-hybridized carbons (Fsp3) is 0.200. The molecule has 1 heterocycles. The van der Waals surface area contributed by atoms with Gasteiger partial charge in [-0.25, -0.2) is 0 Å². The van der Waals surface area contributed by atoms with Crippen molar-refractivity contribution in [2.24, 2.45) is 0 Å². The quantitative estimate of drug-likeness (QED) is 0.868. The van der Waals surface area contributed by atoms with Crippen molar-refractivity contribution in [3.8, 4) is 5.75 Å². The number of carbonyl (C=O) groups excluding carboxylic acids is 1. The van der Waals surface area contributed by atoms with E-state index in [9.17, 15) is 9.90 Å². The molecule has 0 unspecified atom stereocenters. The Kier molecular flexibility index (Phi) is 3.51. The minimum absolute atomic E-state index is 0.0231. The van der Waals surface area contributed by atoms with E-state index in [2.05, 4.69) is 10.3 Å². The summed E-state index contributed by atoms with van der Waals surface area (Å²) in [7, 11) is 0. The Labute approximate surface area is 112 Å². The first-order chi connectivity index (χ1) is 8.97. The summed E-state index contributed by atoms with van der Waals surface area (Å²) in [6.07, 6.45) is 2.72. The molecule has 0 spiro atoms. The minimum atomic E-state index is -0.279. The largest absolute Gasteiger partial charge is 0.506 e. The van der Waals surface area contributed by atoms with Gasteiger partial charge >= 0.3 is 0 Å². The van der Waals surface area contributed by atoms with E-state index >= 15 is 0 Å². The van der Waals surface area contributed by atoms with Crippen molar-refractivity contribution in [3.63, 3.8) is 0 Å². The van der Waals surface area contributed by atoms with Crippen molar-refractivity contribution in [1.29, 1.82) is 0 Å². The number of aryl methyl sites for hydroxylation is 3. The number of amides is 1. The van der Waals surface area contributed by atoms with Crippen LogP contribution in [0.25, 0.3) is 0 Å². The van der Waals surface area contributed by atoms with Crippen LogP contribution in [0.3, 0.4) is 0 Å². The molecule has 0 atom stereocenters. The van der Waals surface area contributed by atoms with Gasteiger partial charge in [-0.1, -0.05) is 17.7 Å². The second kappa shape index (κ2) is 5.10. The molecule has 1 amide bonds. The lowest BCUT2D eigenvalue weighted by atomic mass is 10.0. The van der Waals surface area contributed by atoms with Crippen LogP contribution in [0, 0.1) is 20.8 Å². The molecule has 0 fully saturated rings. The molecule has 1 aromatic heterocycles. The van der Waals surface area contributed by atoms with E-state index in [1.807, 2.05) is 32.9 Å². The highest BCUT2D eigenvalue weighted by Gasteiger charge is 2.11. The summed E-state index contributed by atoms with van der Waals surface area (Å²) in [6, 6.07) is 5.42. The van der Waals surface area contributed by atoms with E-state index in [1.165, 1.54) is 18.5 Å². The molecule has 0 saturated carbocycles. The predicted octanol–water partition coefficient (Wildman–Crippen LogP) is 2.96. The standard InChI is InChI=1S/C15H16N2O2/c1-9-4-10(2)14(11(3)5-9)17-15(19)12-6-13(18)8-16-7-12/h4-8,18H,1-3H3,(H,17,19). The number of nitrogens with one attached hydrogen (secondary N) is 1. The molecule has 1 aromatic carbocycles. The molecule has 4 heteroatoms. The number of anilines is 1. The molecule has 0 aliphatic heterocycles. The van der Waals surface area contributed by atoms with Crippen molar-refractivity contribution in [2.75, 3.05) is 5.32 Å². The Morgan fingerprint density at radius 1 is 1.11 bits per heavy atom. The van der Waals surface area contributed by atoms with Gasteiger partial charge in [0.2, 0.25) is 0 Å². The maximum Gasteiger partial charge on any atom is 0.257 e. The molecule has 0 aliphatic carbocycles. The lowest BCUT2D eigenvalue weighted by molar-refractivity contribution is 0.102. The van der Waals surface area contributed by atoms with E-state index in [4.69, 9.17) is 0 Å². The van der Waals surface area contributed by atoms with Gasteiger partial charge in [0.25, 0.3) is 5.91 Å². The lowest BCUT2D eigenvalue weighted by Crippen LogP contribution is -2.14. The average Bonchev–Trinajstić information content (AvgIpc) is 2.33. The molecule has 19 heavy (non-hydrogen) atoms. The van der Waals surface area contributed by atoms with Gasteiger partial charge < -0.3 is 10.4 Å². The third-order valence-electron chi connectivity index (χ3n) is 2.90. The van der Waals surface area contributed by atoms with Crippen molar-refractivity contribution < 1.29 is 9.90 Å². The molecule has 2 N–H and O–H groups in total. The highest BCUT2D eigenvalue weighted by molar-refractivity contribution is 6.05. The van der Waals surface area contributed by atoms with Crippen molar-refractivity contribution in [2.45, 2.75) is 20.8 Å². The van der Waals surface area contributed by atoms with Gasteiger partial charge in [-0.3, -0.25) is 9.78 Å². The molecule has 0 radical (unpaired) electrons. The molecular weight excluding hydrogens is 240 g/mol. The van der Waals surface area contributed by atoms with E-state index in [-0.39, 0.29) is 11.7 Å². The topological polar surface area (TPSA) is 62.2 Å². The number of benzene rings is 1. The number of carbonyl (C=O) groups is 1. The summed E-state index contributed by atoms with van der Waals surface area (Å²) in [5, 5.41) is 12.2. The second-order valence-corrected chi connectivity index (χ2v) is 4.66. The van der Waals surface area contributed by atoms with Crippen LogP contribution < -0.4 is 5.32 Å². The Balaban J connectivity index is 2.29. The zero-order valence-corrected chi connectivity index (χ0v) is 11.2. The first kappa shape index (κ1) is 13.1. The summed E-state index contributed by atoms with van der Waals surface area (Å²) in [6.45, 7) is 5.93. The Bertz CT molecular complexity index is 613. The van der Waals surface area contributed by atoms with Gasteiger partial charge in [0.1, 0.15) is 5.75 Å². The molecule has 0 aliphatic rings. The first-order valence-corrected chi connectivity index (χ1v) is 6.00. The summed E-state index contributed by atoms with van der Waals surface area (Å²) < 4.78 is 0. The fourth-order valence-corrected chi connectivity index (χ4v) is 2.11. The van der Waals surface area contributed by atoms with E-state index in [1.54, 1.807) is 0 Å². The zero-order chi connectivity index (χ0) is 14.0. The molecule has 0 saturated heterocycles. The zero-order valence-electron chi connectivity index (χ0n) is 11.2. The highest BCUT2D eigenvalue weighted by atomic mass is 16.3. The molecule has 4 nitrogen and oxygen atoms in total. The molecule has 0 bridgehead atoms. The maximum atomic E-state index is 12.1. The number of hydrogen-bond donors (Lipinski definition) is 2. The predicted molar refractivity (Wildman–Crippen MR) is 74.5 cm³/mol. The number of aromatic hydroxyl groups is 1. The number of rotatable bonds is 2. The van der Waals surface area contributed by atoms with Gasteiger partial charge in [0.05, 0.1) is 11.8 Å². The van der Waals surface area contributed by atoms with Gasteiger partial charge in [-0.2, -0.15) is 0 Å². The van der Waals surface area contributed by atoms with E-state index in [0.29, 0.717) is 5.56 Å². The van der Waals surface area contributed by atoms with E-state index in [0.717, 1.165) is 22.4 Å². The van der Waals surface area contributed by atoms with E-state index < -0.39 is 0 Å². The van der Waals surface area contributed by atoms with Gasteiger partial charge in [0.15, 0.2) is 0 Å².